The Balaban J connectivity index is 4.73. The van der Waals surface area contributed by atoms with Crippen LogP contribution in [0.2, 0.25) is 0 Å². The lowest BCUT2D eigenvalue weighted by molar-refractivity contribution is 0.0653. The zero-order valence-corrected chi connectivity index (χ0v) is 12.1. The van der Waals surface area contributed by atoms with Crippen LogP contribution in [0.5, 0.6) is 0 Å². The highest BCUT2D eigenvalue weighted by molar-refractivity contribution is 6.71. The largest absolute Gasteiger partial charge is 0.520 e. The lowest BCUT2D eigenvalue weighted by Gasteiger charge is -2.33. The van der Waals surface area contributed by atoms with E-state index in [4.69, 9.17) is 24.9 Å². The highest BCUT2D eigenvalue weighted by atomic mass is 35.5. The Morgan fingerprint density at radius 1 is 0.933 bits per heavy atom. The molecular formula is C10H23ClO3Si. The van der Waals surface area contributed by atoms with E-state index in [-0.39, 0.29) is 10.9 Å². The minimum absolute atomic E-state index is 0.183. The van der Waals surface area contributed by atoms with Crippen LogP contribution in [0.3, 0.4) is 0 Å². The van der Waals surface area contributed by atoms with Crippen LogP contribution in [-0.4, -0.2) is 33.6 Å². The molecule has 92 valence electrons. The highest BCUT2D eigenvalue weighted by Crippen LogP contribution is 2.25. The van der Waals surface area contributed by atoms with E-state index >= 15 is 0 Å². The lowest BCUT2D eigenvalue weighted by Crippen LogP contribution is -2.56. The fraction of sp³-hybridized carbons (Fsp3) is 1.00. The van der Waals surface area contributed by atoms with E-state index in [9.17, 15) is 0 Å². The molecule has 0 spiro atoms. The first-order chi connectivity index (χ1) is 7.04. The molecule has 0 aliphatic rings. The number of hydrogen-bond donors (Lipinski definition) is 0. The Kier molecular flexibility index (Phi) is 7.82. The van der Waals surface area contributed by atoms with Gasteiger partial charge in [-0.1, -0.05) is 13.8 Å². The van der Waals surface area contributed by atoms with Crippen molar-refractivity contribution in [1.29, 1.82) is 0 Å². The summed E-state index contributed by atoms with van der Waals surface area (Å²) in [5, 5.41) is -0.183. The fourth-order valence-corrected chi connectivity index (χ4v) is 4.69. The van der Waals surface area contributed by atoms with Crippen LogP contribution in [0, 0.1) is 5.92 Å². The summed E-state index contributed by atoms with van der Waals surface area (Å²) in [6, 6.07) is 0. The number of halogens is 1. The van der Waals surface area contributed by atoms with Crippen molar-refractivity contribution in [3.8, 4) is 0 Å². The van der Waals surface area contributed by atoms with E-state index in [2.05, 4.69) is 13.8 Å². The second-order valence-electron chi connectivity index (χ2n) is 3.55. The summed E-state index contributed by atoms with van der Waals surface area (Å²) in [6.45, 7) is 11.6. The summed E-state index contributed by atoms with van der Waals surface area (Å²) >= 11 is 6.36. The van der Waals surface area contributed by atoms with E-state index in [1.165, 1.54) is 0 Å². The maximum atomic E-state index is 6.36. The predicted octanol–water partition coefficient (Wildman–Crippen LogP) is 2.84. The molecular weight excluding hydrogens is 232 g/mol. The Bertz CT molecular complexity index is 150. The second kappa shape index (κ2) is 7.63. The van der Waals surface area contributed by atoms with Gasteiger partial charge in [0.25, 0.3) is 0 Å². The summed E-state index contributed by atoms with van der Waals surface area (Å²) in [5.41, 5.74) is 0. The van der Waals surface area contributed by atoms with Crippen molar-refractivity contribution < 1.29 is 13.3 Å². The van der Waals surface area contributed by atoms with Crippen molar-refractivity contribution in [2.24, 2.45) is 5.92 Å². The standard InChI is InChI=1S/C10H23ClO3Si/c1-6-12-15(13-7-2,14-8-3)10(11)9(4)5/h9-10H,6-8H2,1-5H3. The first-order valence-corrected chi connectivity index (χ1v) is 7.83. The van der Waals surface area contributed by atoms with E-state index in [1.54, 1.807) is 0 Å². The minimum Gasteiger partial charge on any atom is -0.373 e. The average Bonchev–Trinajstić information content (AvgIpc) is 2.17. The van der Waals surface area contributed by atoms with E-state index in [0.29, 0.717) is 19.8 Å². The molecule has 0 radical (unpaired) electrons. The van der Waals surface area contributed by atoms with Gasteiger partial charge in [-0.15, -0.1) is 11.6 Å². The monoisotopic (exact) mass is 254 g/mol. The lowest BCUT2D eigenvalue weighted by atomic mass is 10.3. The van der Waals surface area contributed by atoms with E-state index in [1.807, 2.05) is 20.8 Å². The predicted molar refractivity (Wildman–Crippen MR) is 65.1 cm³/mol. The first-order valence-electron chi connectivity index (χ1n) is 5.59. The summed E-state index contributed by atoms with van der Waals surface area (Å²) in [4.78, 5) is 0. The molecule has 0 aliphatic carbocycles. The molecule has 0 amide bonds. The van der Waals surface area contributed by atoms with Crippen LogP contribution in [-0.2, 0) is 13.3 Å². The van der Waals surface area contributed by atoms with Crippen molar-refractivity contribution in [2.45, 2.75) is 39.6 Å². The van der Waals surface area contributed by atoms with Gasteiger partial charge in [0.1, 0.15) is 5.00 Å². The molecule has 15 heavy (non-hydrogen) atoms. The molecule has 0 aromatic heterocycles. The maximum absolute atomic E-state index is 6.36. The van der Waals surface area contributed by atoms with E-state index < -0.39 is 8.80 Å². The second-order valence-corrected chi connectivity index (χ2v) is 7.08. The molecule has 0 aromatic rings. The van der Waals surface area contributed by atoms with Crippen molar-refractivity contribution in [1.82, 2.24) is 0 Å². The zero-order valence-electron chi connectivity index (χ0n) is 10.4. The van der Waals surface area contributed by atoms with Gasteiger partial charge < -0.3 is 13.3 Å². The Labute approximate surface area is 99.4 Å². The molecule has 0 fully saturated rings. The molecule has 0 rings (SSSR count). The molecule has 5 heteroatoms. The third kappa shape index (κ3) is 4.40. The SMILES string of the molecule is CCO[Si](OCC)(OCC)C(Cl)C(C)C. The normalized spacial score (nSPS) is 14.6. The van der Waals surface area contributed by atoms with Crippen molar-refractivity contribution >= 4 is 20.4 Å². The van der Waals surface area contributed by atoms with Gasteiger partial charge in [-0.2, -0.15) is 0 Å². The van der Waals surface area contributed by atoms with Gasteiger partial charge in [0.05, 0.1) is 0 Å². The Hall–Kier alpha value is 0.387. The van der Waals surface area contributed by atoms with Crippen LogP contribution in [0.15, 0.2) is 0 Å². The summed E-state index contributed by atoms with van der Waals surface area (Å²) in [7, 11) is -2.70. The van der Waals surface area contributed by atoms with Crippen molar-refractivity contribution in [3.63, 3.8) is 0 Å². The van der Waals surface area contributed by atoms with E-state index in [0.717, 1.165) is 0 Å². The van der Waals surface area contributed by atoms with Crippen molar-refractivity contribution in [2.75, 3.05) is 19.8 Å². The molecule has 0 aliphatic heterocycles. The molecule has 1 atom stereocenters. The summed E-state index contributed by atoms with van der Waals surface area (Å²) in [6.07, 6.45) is 0. The van der Waals surface area contributed by atoms with Gasteiger partial charge in [-0.3, -0.25) is 0 Å². The number of hydrogen-bond acceptors (Lipinski definition) is 3. The molecule has 1 unspecified atom stereocenters. The topological polar surface area (TPSA) is 27.7 Å². The summed E-state index contributed by atoms with van der Waals surface area (Å²) in [5.74, 6) is 0.281. The fourth-order valence-electron chi connectivity index (χ4n) is 1.38. The van der Waals surface area contributed by atoms with Gasteiger partial charge in [0.2, 0.25) is 0 Å². The quantitative estimate of drug-likeness (QED) is 0.493. The zero-order chi connectivity index (χ0) is 11.9. The first kappa shape index (κ1) is 15.4. The van der Waals surface area contributed by atoms with Crippen molar-refractivity contribution in [3.05, 3.63) is 0 Å². The third-order valence-corrected chi connectivity index (χ3v) is 6.68. The molecule has 0 bridgehead atoms. The molecule has 3 nitrogen and oxygen atoms in total. The van der Waals surface area contributed by atoms with Gasteiger partial charge in [-0.05, 0) is 26.7 Å². The Morgan fingerprint density at radius 3 is 1.47 bits per heavy atom. The highest BCUT2D eigenvalue weighted by Gasteiger charge is 2.49. The van der Waals surface area contributed by atoms with Crippen LogP contribution in [0.4, 0.5) is 0 Å². The minimum atomic E-state index is -2.70. The van der Waals surface area contributed by atoms with Gasteiger partial charge >= 0.3 is 8.80 Å². The maximum Gasteiger partial charge on any atom is 0.520 e. The van der Waals surface area contributed by atoms with Gasteiger partial charge in [-0.25, -0.2) is 0 Å². The average molecular weight is 255 g/mol. The molecule has 0 aromatic carbocycles. The molecule has 0 saturated heterocycles. The smallest absolute Gasteiger partial charge is 0.373 e. The molecule has 0 N–H and O–H groups in total. The van der Waals surface area contributed by atoms with Crippen LogP contribution >= 0.6 is 11.6 Å². The van der Waals surface area contributed by atoms with Crippen LogP contribution in [0.25, 0.3) is 0 Å². The third-order valence-electron chi connectivity index (χ3n) is 1.96. The number of rotatable bonds is 8. The molecule has 0 heterocycles. The Morgan fingerprint density at radius 2 is 1.27 bits per heavy atom. The van der Waals surface area contributed by atoms with Crippen LogP contribution < -0.4 is 0 Å². The molecule has 0 saturated carbocycles. The van der Waals surface area contributed by atoms with Gasteiger partial charge in [0, 0.05) is 19.8 Å². The van der Waals surface area contributed by atoms with Gasteiger partial charge in [0.15, 0.2) is 0 Å². The number of alkyl halides is 1. The van der Waals surface area contributed by atoms with Crippen LogP contribution in [0.1, 0.15) is 34.6 Å². The summed E-state index contributed by atoms with van der Waals surface area (Å²) < 4.78 is 17.1.